The largest absolute Gasteiger partial charge is 0.378 e. The number of rotatable bonds is 16. The van der Waals surface area contributed by atoms with Crippen molar-refractivity contribution in [3.63, 3.8) is 0 Å². The van der Waals surface area contributed by atoms with E-state index in [0.717, 1.165) is 6.61 Å². The molecule has 160 valence electrons. The second kappa shape index (κ2) is 16.3. The molecule has 0 N–H and O–H groups in total. The van der Waals surface area contributed by atoms with Crippen LogP contribution in [0.5, 0.6) is 0 Å². The zero-order chi connectivity index (χ0) is 19.7. The Morgan fingerprint density at radius 1 is 0.857 bits per heavy atom. The molecule has 0 aromatic heterocycles. The molecular weight excluding hydrogens is 360 g/mol. The average molecular weight is 405 g/mol. The zero-order valence-electron chi connectivity index (χ0n) is 18.4. The normalized spacial score (nSPS) is 18.2. The number of benzene rings is 1. The molecule has 1 aromatic rings. The lowest BCUT2D eigenvalue weighted by molar-refractivity contribution is 0.00977. The molecule has 1 fully saturated rings. The van der Waals surface area contributed by atoms with E-state index in [1.807, 2.05) is 0 Å². The van der Waals surface area contributed by atoms with E-state index in [4.69, 9.17) is 4.74 Å². The van der Waals surface area contributed by atoms with Gasteiger partial charge in [-0.25, -0.2) is 0 Å². The van der Waals surface area contributed by atoms with Gasteiger partial charge in [0.1, 0.15) is 0 Å². The Labute approximate surface area is 179 Å². The van der Waals surface area contributed by atoms with Gasteiger partial charge in [0.15, 0.2) is 0 Å². The van der Waals surface area contributed by atoms with Gasteiger partial charge < -0.3 is 4.74 Å². The number of hydrogen-bond acceptors (Lipinski definition) is 2. The van der Waals surface area contributed by atoms with E-state index in [2.05, 4.69) is 49.0 Å². The van der Waals surface area contributed by atoms with Crippen molar-refractivity contribution in [1.82, 2.24) is 0 Å². The van der Waals surface area contributed by atoms with Crippen molar-refractivity contribution >= 4 is 11.8 Å². The second-order valence-electron chi connectivity index (χ2n) is 8.49. The lowest BCUT2D eigenvalue weighted by Crippen LogP contribution is -2.18. The maximum Gasteiger partial charge on any atom is 0.0575 e. The van der Waals surface area contributed by atoms with Crippen molar-refractivity contribution in [1.29, 1.82) is 0 Å². The van der Waals surface area contributed by atoms with E-state index >= 15 is 0 Å². The fraction of sp³-hybridized carbons (Fsp3) is 0.769. The van der Waals surface area contributed by atoms with Crippen molar-refractivity contribution in [2.24, 2.45) is 0 Å². The summed E-state index contributed by atoms with van der Waals surface area (Å²) in [6, 6.07) is 11.0. The molecule has 1 aromatic carbocycles. The Balaban J connectivity index is 1.32. The lowest BCUT2D eigenvalue weighted by Gasteiger charge is -2.22. The summed E-state index contributed by atoms with van der Waals surface area (Å²) in [4.78, 5) is 0. The summed E-state index contributed by atoms with van der Waals surface area (Å²) < 4.78 is 5.82. The van der Waals surface area contributed by atoms with Crippen LogP contribution >= 0.6 is 11.8 Å². The van der Waals surface area contributed by atoms with Crippen molar-refractivity contribution in [2.75, 3.05) is 12.4 Å². The predicted octanol–water partition coefficient (Wildman–Crippen LogP) is 8.73. The smallest absolute Gasteiger partial charge is 0.0575 e. The molecule has 0 spiro atoms. The number of unbranched alkanes of at least 4 members (excludes halogenated alkanes) is 9. The summed E-state index contributed by atoms with van der Waals surface area (Å²) in [5.74, 6) is 1.32. The van der Waals surface area contributed by atoms with Crippen LogP contribution in [0.3, 0.4) is 0 Å². The first kappa shape index (κ1) is 23.8. The summed E-state index contributed by atoms with van der Waals surface area (Å²) in [5.41, 5.74) is 1.50. The van der Waals surface area contributed by atoms with E-state index in [1.54, 1.807) is 0 Å². The predicted molar refractivity (Wildman–Crippen MR) is 126 cm³/mol. The van der Waals surface area contributed by atoms with Gasteiger partial charge in [-0.05, 0) is 49.8 Å². The second-order valence-corrected chi connectivity index (χ2v) is 9.80. The van der Waals surface area contributed by atoms with Crippen molar-refractivity contribution < 1.29 is 4.74 Å². The molecule has 28 heavy (non-hydrogen) atoms. The molecule has 1 saturated heterocycles. The summed E-state index contributed by atoms with van der Waals surface area (Å²) in [6.07, 6.45) is 21.3. The van der Waals surface area contributed by atoms with Gasteiger partial charge in [0, 0.05) is 11.9 Å². The molecule has 0 bridgehead atoms. The standard InChI is InChI=1S/C26H44OS/c1-2-26(24-18-12-11-13-19-24)28-23-17-10-8-6-4-3-5-7-9-14-20-25-21-15-16-22-27-25/h11-13,18-19,25-26H,2-10,14-17,20-23H2,1H3. The zero-order valence-corrected chi connectivity index (χ0v) is 19.2. The van der Waals surface area contributed by atoms with Crippen LogP contribution < -0.4 is 0 Å². The molecule has 1 aliphatic rings. The molecule has 0 saturated carbocycles. The summed E-state index contributed by atoms with van der Waals surface area (Å²) in [6.45, 7) is 3.32. The van der Waals surface area contributed by atoms with Crippen molar-refractivity contribution in [3.8, 4) is 0 Å². The number of thioether (sulfide) groups is 1. The van der Waals surface area contributed by atoms with E-state index in [9.17, 15) is 0 Å². The minimum absolute atomic E-state index is 0.590. The van der Waals surface area contributed by atoms with Crippen LogP contribution in [-0.4, -0.2) is 18.5 Å². The van der Waals surface area contributed by atoms with Gasteiger partial charge in [-0.1, -0.05) is 95.0 Å². The van der Waals surface area contributed by atoms with Crippen molar-refractivity contribution in [3.05, 3.63) is 35.9 Å². The molecule has 0 radical (unpaired) electrons. The van der Waals surface area contributed by atoms with Crippen LogP contribution in [0.25, 0.3) is 0 Å². The fourth-order valence-electron chi connectivity index (χ4n) is 4.27. The van der Waals surface area contributed by atoms with E-state index in [-0.39, 0.29) is 0 Å². The fourth-order valence-corrected chi connectivity index (χ4v) is 5.51. The maximum absolute atomic E-state index is 5.82. The van der Waals surface area contributed by atoms with Gasteiger partial charge in [-0.2, -0.15) is 11.8 Å². The monoisotopic (exact) mass is 404 g/mol. The molecule has 0 aliphatic carbocycles. The summed E-state index contributed by atoms with van der Waals surface area (Å²) >= 11 is 2.16. The highest BCUT2D eigenvalue weighted by Gasteiger charge is 2.12. The quantitative estimate of drug-likeness (QED) is 0.255. The van der Waals surface area contributed by atoms with Crippen LogP contribution in [0.4, 0.5) is 0 Å². The molecule has 2 heteroatoms. The first-order valence-corrected chi connectivity index (χ1v) is 13.2. The van der Waals surface area contributed by atoms with E-state index in [1.165, 1.54) is 108 Å². The Morgan fingerprint density at radius 2 is 1.50 bits per heavy atom. The highest BCUT2D eigenvalue weighted by Crippen LogP contribution is 2.32. The minimum atomic E-state index is 0.590. The highest BCUT2D eigenvalue weighted by molar-refractivity contribution is 7.99. The summed E-state index contributed by atoms with van der Waals surface area (Å²) in [5, 5.41) is 0.686. The molecule has 0 amide bonds. The molecule has 2 rings (SSSR count). The summed E-state index contributed by atoms with van der Waals surface area (Å²) in [7, 11) is 0. The van der Waals surface area contributed by atoms with Gasteiger partial charge >= 0.3 is 0 Å². The van der Waals surface area contributed by atoms with Crippen LogP contribution in [0, 0.1) is 0 Å². The third-order valence-electron chi connectivity index (χ3n) is 6.06. The molecule has 2 atom stereocenters. The maximum atomic E-state index is 5.82. The van der Waals surface area contributed by atoms with Gasteiger partial charge in [0.2, 0.25) is 0 Å². The van der Waals surface area contributed by atoms with Crippen LogP contribution in [0.2, 0.25) is 0 Å². The Bertz CT molecular complexity index is 455. The van der Waals surface area contributed by atoms with Crippen LogP contribution in [0.15, 0.2) is 30.3 Å². The highest BCUT2D eigenvalue weighted by atomic mass is 32.2. The van der Waals surface area contributed by atoms with Gasteiger partial charge in [-0.3, -0.25) is 0 Å². The first-order valence-electron chi connectivity index (χ1n) is 12.2. The number of ether oxygens (including phenoxy) is 1. The molecular formula is C26H44OS. The van der Waals surface area contributed by atoms with Crippen molar-refractivity contribution in [2.45, 2.75) is 115 Å². The Kier molecular flexibility index (Phi) is 13.9. The number of hydrogen-bond donors (Lipinski definition) is 0. The van der Waals surface area contributed by atoms with Crippen LogP contribution in [-0.2, 0) is 4.74 Å². The molecule has 2 unspecified atom stereocenters. The third-order valence-corrected chi connectivity index (χ3v) is 7.59. The Hall–Kier alpha value is -0.470. The lowest BCUT2D eigenvalue weighted by atomic mass is 10.0. The van der Waals surface area contributed by atoms with Gasteiger partial charge in [0.25, 0.3) is 0 Å². The van der Waals surface area contributed by atoms with Gasteiger partial charge in [-0.15, -0.1) is 0 Å². The average Bonchev–Trinajstić information content (AvgIpc) is 2.75. The van der Waals surface area contributed by atoms with E-state index in [0.29, 0.717) is 11.4 Å². The SMILES string of the molecule is CCC(SCCCCCCCCCCCCC1CCCCO1)c1ccccc1. The van der Waals surface area contributed by atoms with E-state index < -0.39 is 0 Å². The topological polar surface area (TPSA) is 9.23 Å². The minimum Gasteiger partial charge on any atom is -0.378 e. The molecule has 1 aliphatic heterocycles. The van der Waals surface area contributed by atoms with Crippen LogP contribution in [0.1, 0.15) is 114 Å². The Morgan fingerprint density at radius 3 is 2.11 bits per heavy atom. The first-order chi connectivity index (χ1) is 13.9. The molecule has 1 nitrogen and oxygen atoms in total. The molecule has 1 heterocycles. The van der Waals surface area contributed by atoms with Gasteiger partial charge in [0.05, 0.1) is 6.10 Å². The third kappa shape index (κ3) is 10.9.